The highest BCUT2D eigenvalue weighted by Gasteiger charge is 2.18. The van der Waals surface area contributed by atoms with E-state index in [4.69, 9.17) is 10.7 Å². The summed E-state index contributed by atoms with van der Waals surface area (Å²) >= 11 is 2.94. The third-order valence-electron chi connectivity index (χ3n) is 4.12. The molecular formula is C19H25N5OS2. The standard InChI is InChI=1S/C19H25N5OS2/c1-11(2)9-14(10-25)21-16-15-17(22-18(20)27-15)24-19(23-16)26-12(3)13-7-5-4-6-8-13/h4-8,11-12,14,25H,9-10H2,1-3H3,(H3,20,21,22,23,24)/t12-,14+/m0/s1/i10+2. The van der Waals surface area contributed by atoms with Crippen LogP contribution < -0.4 is 11.1 Å². The molecule has 0 fully saturated rings. The fraction of sp³-hybridized carbons (Fsp3) is 0.421. The van der Waals surface area contributed by atoms with Crippen LogP contribution in [0.5, 0.6) is 0 Å². The van der Waals surface area contributed by atoms with E-state index >= 15 is 0 Å². The number of hydrogen-bond acceptors (Lipinski definition) is 8. The van der Waals surface area contributed by atoms with Crippen LogP contribution in [0.4, 0.5) is 10.9 Å². The quantitative estimate of drug-likeness (QED) is 0.379. The van der Waals surface area contributed by atoms with Gasteiger partial charge in [0.1, 0.15) is 4.70 Å². The predicted octanol–water partition coefficient (Wildman–Crippen LogP) is 4.34. The second-order valence-corrected chi connectivity index (χ2v) is 9.22. The molecule has 144 valence electrons. The first-order chi connectivity index (χ1) is 13.0. The monoisotopic (exact) mass is 405 g/mol. The number of nitrogens with one attached hydrogen (secondary N) is 1. The SMILES string of the molecule is CC(C)C[C@H]([14CH2]O)Nc1nc(S[C@@H](C)c2ccccc2)nc2nc(N)sc12. The molecular weight excluding hydrogens is 380 g/mol. The second kappa shape index (κ2) is 8.86. The Balaban J connectivity index is 1.90. The fourth-order valence-electron chi connectivity index (χ4n) is 2.86. The third-order valence-corrected chi connectivity index (χ3v) is 6.02. The Morgan fingerprint density at radius 3 is 2.59 bits per heavy atom. The molecule has 3 rings (SSSR count). The Labute approximate surface area is 167 Å². The van der Waals surface area contributed by atoms with Crippen LogP contribution in [0.3, 0.4) is 0 Å². The van der Waals surface area contributed by atoms with Crippen LogP contribution in [0, 0.1) is 5.92 Å². The lowest BCUT2D eigenvalue weighted by Crippen LogP contribution is -2.26. The number of anilines is 2. The normalized spacial score (nSPS) is 13.8. The predicted molar refractivity (Wildman–Crippen MR) is 114 cm³/mol. The molecule has 2 aromatic heterocycles. The Morgan fingerprint density at radius 1 is 1.19 bits per heavy atom. The van der Waals surface area contributed by atoms with Gasteiger partial charge in [-0.25, -0.2) is 15.0 Å². The zero-order chi connectivity index (χ0) is 19.4. The molecule has 4 N–H and O–H groups in total. The van der Waals surface area contributed by atoms with Gasteiger partial charge < -0.3 is 16.2 Å². The summed E-state index contributed by atoms with van der Waals surface area (Å²) in [6.45, 7) is 6.44. The number of benzene rings is 1. The number of nitrogens with two attached hydrogens (primary N) is 1. The Hall–Kier alpha value is -1.90. The number of aromatic nitrogens is 3. The summed E-state index contributed by atoms with van der Waals surface area (Å²) in [5.74, 6) is 1.15. The first kappa shape index (κ1) is 19.9. The van der Waals surface area contributed by atoms with Gasteiger partial charge in [-0.05, 0) is 24.8 Å². The van der Waals surface area contributed by atoms with E-state index in [-0.39, 0.29) is 17.9 Å². The number of aliphatic hydroxyl groups is 1. The summed E-state index contributed by atoms with van der Waals surface area (Å²) in [6, 6.07) is 10.2. The van der Waals surface area contributed by atoms with Crippen LogP contribution in [-0.4, -0.2) is 32.7 Å². The van der Waals surface area contributed by atoms with Crippen molar-refractivity contribution in [2.24, 2.45) is 5.92 Å². The summed E-state index contributed by atoms with van der Waals surface area (Å²) in [5, 5.41) is 14.4. The van der Waals surface area contributed by atoms with Gasteiger partial charge in [0.2, 0.25) is 0 Å². The number of nitrogens with zero attached hydrogens (tertiary/aromatic N) is 3. The lowest BCUT2D eigenvalue weighted by molar-refractivity contribution is 0.259. The number of hydrogen-bond donors (Lipinski definition) is 3. The molecule has 2 atom stereocenters. The number of aliphatic hydroxyl groups excluding tert-OH is 1. The fourth-order valence-corrected chi connectivity index (χ4v) is 4.48. The summed E-state index contributed by atoms with van der Waals surface area (Å²) in [6.07, 6.45) is 0.846. The summed E-state index contributed by atoms with van der Waals surface area (Å²) < 4.78 is 0.825. The molecule has 6 nitrogen and oxygen atoms in total. The maximum absolute atomic E-state index is 9.73. The number of rotatable bonds is 8. The number of thioether (sulfide) groups is 1. The molecule has 3 aromatic rings. The van der Waals surface area contributed by atoms with E-state index in [0.717, 1.165) is 11.1 Å². The van der Waals surface area contributed by atoms with Gasteiger partial charge in [0, 0.05) is 5.25 Å². The van der Waals surface area contributed by atoms with Crippen molar-refractivity contribution in [3.05, 3.63) is 35.9 Å². The topological polar surface area (TPSA) is 97.0 Å². The molecule has 0 unspecified atom stereocenters. The minimum absolute atomic E-state index is 0.0425. The van der Waals surface area contributed by atoms with Gasteiger partial charge in [0.25, 0.3) is 0 Å². The van der Waals surface area contributed by atoms with Gasteiger partial charge in [0.05, 0.1) is 12.6 Å². The maximum atomic E-state index is 9.73. The van der Waals surface area contributed by atoms with Crippen molar-refractivity contribution < 1.29 is 5.11 Å². The summed E-state index contributed by atoms with van der Waals surface area (Å²) in [7, 11) is 0. The first-order valence-corrected chi connectivity index (χ1v) is 10.7. The molecule has 0 aliphatic carbocycles. The highest BCUT2D eigenvalue weighted by Crippen LogP contribution is 2.36. The molecule has 8 heteroatoms. The first-order valence-electron chi connectivity index (χ1n) is 8.99. The van der Waals surface area contributed by atoms with Crippen LogP contribution in [0.2, 0.25) is 0 Å². The molecule has 0 amide bonds. The van der Waals surface area contributed by atoms with Gasteiger partial charge >= 0.3 is 0 Å². The molecule has 27 heavy (non-hydrogen) atoms. The largest absolute Gasteiger partial charge is 0.394 e. The molecule has 0 radical (unpaired) electrons. The highest BCUT2D eigenvalue weighted by molar-refractivity contribution is 7.99. The summed E-state index contributed by atoms with van der Waals surface area (Å²) in [4.78, 5) is 13.6. The van der Waals surface area contributed by atoms with E-state index < -0.39 is 0 Å². The summed E-state index contributed by atoms with van der Waals surface area (Å²) in [5.41, 5.74) is 7.71. The number of nitrogen functional groups attached to an aromatic ring is 1. The van der Waals surface area contributed by atoms with E-state index in [1.807, 2.05) is 18.2 Å². The van der Waals surface area contributed by atoms with Gasteiger partial charge in [-0.3, -0.25) is 0 Å². The third kappa shape index (κ3) is 5.09. The average molecular weight is 406 g/mol. The van der Waals surface area contributed by atoms with Gasteiger partial charge in [-0.1, -0.05) is 67.3 Å². The molecule has 0 spiro atoms. The molecule has 0 aliphatic rings. The zero-order valence-corrected chi connectivity index (χ0v) is 17.3. The Kier molecular flexibility index (Phi) is 6.51. The van der Waals surface area contributed by atoms with Crippen molar-refractivity contribution in [2.45, 2.75) is 43.6 Å². The molecule has 0 aliphatic heterocycles. The average Bonchev–Trinajstić information content (AvgIpc) is 3.02. The molecule has 0 saturated heterocycles. The van der Waals surface area contributed by atoms with E-state index in [0.29, 0.717) is 27.7 Å². The van der Waals surface area contributed by atoms with Crippen LogP contribution >= 0.6 is 23.1 Å². The Bertz CT molecular complexity index is 884. The van der Waals surface area contributed by atoms with Crippen molar-refractivity contribution >= 4 is 44.4 Å². The second-order valence-electron chi connectivity index (χ2n) is 6.88. The van der Waals surface area contributed by atoms with Crippen molar-refractivity contribution in [1.82, 2.24) is 15.0 Å². The lowest BCUT2D eigenvalue weighted by Gasteiger charge is -2.19. The van der Waals surface area contributed by atoms with E-state index in [2.05, 4.69) is 48.2 Å². The van der Waals surface area contributed by atoms with Gasteiger partial charge in [-0.15, -0.1) is 0 Å². The molecule has 0 bridgehead atoms. The van der Waals surface area contributed by atoms with Gasteiger partial charge in [0.15, 0.2) is 21.8 Å². The van der Waals surface area contributed by atoms with Crippen molar-refractivity contribution in [3.8, 4) is 0 Å². The minimum atomic E-state index is -0.0733. The van der Waals surface area contributed by atoms with Gasteiger partial charge in [-0.2, -0.15) is 0 Å². The molecule has 2 heterocycles. The van der Waals surface area contributed by atoms with Crippen LogP contribution in [0.1, 0.15) is 38.0 Å². The maximum Gasteiger partial charge on any atom is 0.192 e. The minimum Gasteiger partial charge on any atom is -0.394 e. The lowest BCUT2D eigenvalue weighted by atomic mass is 10.1. The molecule has 1 aromatic carbocycles. The van der Waals surface area contributed by atoms with E-state index in [1.165, 1.54) is 16.9 Å². The zero-order valence-electron chi connectivity index (χ0n) is 15.7. The van der Waals surface area contributed by atoms with Crippen molar-refractivity contribution in [1.29, 1.82) is 0 Å². The van der Waals surface area contributed by atoms with Crippen LogP contribution in [-0.2, 0) is 0 Å². The van der Waals surface area contributed by atoms with Crippen molar-refractivity contribution in [2.75, 3.05) is 17.7 Å². The van der Waals surface area contributed by atoms with E-state index in [1.54, 1.807) is 11.8 Å². The number of fused-ring (bicyclic) bond motifs is 1. The van der Waals surface area contributed by atoms with Crippen LogP contribution in [0.15, 0.2) is 35.5 Å². The van der Waals surface area contributed by atoms with Crippen molar-refractivity contribution in [3.63, 3.8) is 0 Å². The molecule has 0 saturated carbocycles. The number of thiazole rings is 1. The van der Waals surface area contributed by atoms with E-state index in [9.17, 15) is 5.11 Å². The van der Waals surface area contributed by atoms with Crippen LogP contribution in [0.25, 0.3) is 10.3 Å². The highest BCUT2D eigenvalue weighted by atomic mass is 32.2. The Morgan fingerprint density at radius 2 is 1.93 bits per heavy atom. The smallest absolute Gasteiger partial charge is 0.192 e.